The predicted octanol–water partition coefficient (Wildman–Crippen LogP) is 22.3. The van der Waals surface area contributed by atoms with Crippen LogP contribution >= 0.6 is 0 Å². The summed E-state index contributed by atoms with van der Waals surface area (Å²) >= 11 is 0. The van der Waals surface area contributed by atoms with E-state index < -0.39 is 12.1 Å². The van der Waals surface area contributed by atoms with Crippen LogP contribution in [0.5, 0.6) is 0 Å². The number of nitrogens with one attached hydrogen (secondary N) is 1. The number of allylic oxidation sites excluding steroid dienone is 9. The van der Waals surface area contributed by atoms with Crippen LogP contribution in [-0.4, -0.2) is 34.9 Å². The number of hydrogen-bond acceptors (Lipinski definition) is 3. The first-order chi connectivity index (χ1) is 36.2. The highest BCUT2D eigenvalue weighted by atomic mass is 16.3. The zero-order chi connectivity index (χ0) is 52.7. The zero-order valence-corrected chi connectivity index (χ0v) is 49.4. The summed E-state index contributed by atoms with van der Waals surface area (Å²) in [5, 5.41) is 23.2. The molecule has 0 aromatic rings. The van der Waals surface area contributed by atoms with E-state index in [9.17, 15) is 15.0 Å². The maximum atomic E-state index is 12.5. The van der Waals surface area contributed by atoms with Crippen LogP contribution in [-0.2, 0) is 4.79 Å². The second-order valence-electron chi connectivity index (χ2n) is 22.5. The Morgan fingerprint density at radius 2 is 0.575 bits per heavy atom. The minimum Gasteiger partial charge on any atom is -0.394 e. The van der Waals surface area contributed by atoms with Gasteiger partial charge in [0.1, 0.15) is 0 Å². The number of rotatable bonds is 61. The molecular formula is C69H129NO3. The molecule has 4 heteroatoms. The fourth-order valence-electron chi connectivity index (χ4n) is 10.2. The molecule has 0 saturated carbocycles. The van der Waals surface area contributed by atoms with Crippen LogP contribution < -0.4 is 5.32 Å². The van der Waals surface area contributed by atoms with Gasteiger partial charge in [0.05, 0.1) is 18.8 Å². The van der Waals surface area contributed by atoms with Crippen molar-refractivity contribution in [2.45, 2.75) is 366 Å². The van der Waals surface area contributed by atoms with Gasteiger partial charge in [0.15, 0.2) is 0 Å². The fourth-order valence-corrected chi connectivity index (χ4v) is 10.2. The molecule has 1 amide bonds. The van der Waals surface area contributed by atoms with Crippen molar-refractivity contribution in [2.75, 3.05) is 6.61 Å². The van der Waals surface area contributed by atoms with Crippen molar-refractivity contribution < 1.29 is 15.0 Å². The summed E-state index contributed by atoms with van der Waals surface area (Å²) in [4.78, 5) is 12.5. The first-order valence-electron chi connectivity index (χ1n) is 33.0. The lowest BCUT2D eigenvalue weighted by Crippen LogP contribution is -2.45. The van der Waals surface area contributed by atoms with Crippen molar-refractivity contribution in [3.63, 3.8) is 0 Å². The van der Waals surface area contributed by atoms with E-state index in [2.05, 4.69) is 67.8 Å². The first-order valence-corrected chi connectivity index (χ1v) is 33.0. The smallest absolute Gasteiger partial charge is 0.220 e. The van der Waals surface area contributed by atoms with Crippen molar-refractivity contribution in [2.24, 2.45) is 0 Å². The average Bonchev–Trinajstić information content (AvgIpc) is 3.40. The molecule has 0 fully saturated rings. The summed E-state index contributed by atoms with van der Waals surface area (Å²) < 4.78 is 0. The van der Waals surface area contributed by atoms with Crippen LogP contribution in [0.2, 0.25) is 0 Å². The Hall–Kier alpha value is -1.91. The molecule has 0 aliphatic heterocycles. The van der Waals surface area contributed by atoms with E-state index in [4.69, 9.17) is 0 Å². The molecule has 0 heterocycles. The summed E-state index contributed by atoms with van der Waals surface area (Å²) in [5.41, 5.74) is 0. The van der Waals surface area contributed by atoms with Gasteiger partial charge in [-0.1, -0.05) is 338 Å². The monoisotopic (exact) mass is 1020 g/mol. The van der Waals surface area contributed by atoms with Crippen molar-refractivity contribution in [1.82, 2.24) is 5.32 Å². The Morgan fingerprint density at radius 1 is 0.329 bits per heavy atom. The third-order valence-corrected chi connectivity index (χ3v) is 15.2. The third-order valence-electron chi connectivity index (χ3n) is 15.2. The Morgan fingerprint density at radius 3 is 0.890 bits per heavy atom. The van der Waals surface area contributed by atoms with E-state index >= 15 is 0 Å². The molecule has 73 heavy (non-hydrogen) atoms. The minimum absolute atomic E-state index is 0.0699. The van der Waals surface area contributed by atoms with Gasteiger partial charge in [0, 0.05) is 6.42 Å². The van der Waals surface area contributed by atoms with Crippen molar-refractivity contribution >= 4 is 5.91 Å². The van der Waals surface area contributed by atoms with E-state index in [1.54, 1.807) is 6.08 Å². The van der Waals surface area contributed by atoms with E-state index in [-0.39, 0.29) is 12.5 Å². The molecule has 0 saturated heterocycles. The maximum Gasteiger partial charge on any atom is 0.220 e. The predicted molar refractivity (Wildman–Crippen MR) is 327 cm³/mol. The van der Waals surface area contributed by atoms with Crippen molar-refractivity contribution in [3.8, 4) is 0 Å². The molecule has 0 aromatic heterocycles. The molecule has 3 N–H and O–H groups in total. The van der Waals surface area contributed by atoms with Gasteiger partial charge in [-0.25, -0.2) is 0 Å². The van der Waals surface area contributed by atoms with Gasteiger partial charge in [-0.15, -0.1) is 0 Å². The Kier molecular flexibility index (Phi) is 62.7. The second-order valence-corrected chi connectivity index (χ2v) is 22.5. The lowest BCUT2D eigenvalue weighted by Gasteiger charge is -2.19. The van der Waals surface area contributed by atoms with E-state index in [1.807, 2.05) is 6.08 Å². The van der Waals surface area contributed by atoms with Crippen molar-refractivity contribution in [1.29, 1.82) is 0 Å². The van der Waals surface area contributed by atoms with E-state index in [0.717, 1.165) is 44.9 Å². The quantitative estimate of drug-likeness (QED) is 0.0420. The first kappa shape index (κ1) is 71.1. The topological polar surface area (TPSA) is 69.6 Å². The lowest BCUT2D eigenvalue weighted by atomic mass is 10.0. The van der Waals surface area contributed by atoms with Gasteiger partial charge in [-0.2, -0.15) is 0 Å². The summed E-state index contributed by atoms with van der Waals surface area (Å²) in [6.45, 7) is 4.32. The third kappa shape index (κ3) is 60.8. The number of hydrogen-bond donors (Lipinski definition) is 3. The largest absolute Gasteiger partial charge is 0.394 e. The number of carbonyl (C=O) groups is 1. The molecule has 0 aliphatic carbocycles. The maximum absolute atomic E-state index is 12.5. The molecule has 0 radical (unpaired) electrons. The number of aliphatic hydroxyl groups is 2. The lowest BCUT2D eigenvalue weighted by molar-refractivity contribution is -0.123. The van der Waals surface area contributed by atoms with Gasteiger partial charge >= 0.3 is 0 Å². The van der Waals surface area contributed by atoms with Crippen LogP contribution in [0.25, 0.3) is 0 Å². The molecule has 4 nitrogen and oxygen atoms in total. The van der Waals surface area contributed by atoms with Gasteiger partial charge in [0.25, 0.3) is 0 Å². The average molecular weight is 1020 g/mol. The highest BCUT2D eigenvalue weighted by Crippen LogP contribution is 2.18. The molecule has 0 spiro atoms. The van der Waals surface area contributed by atoms with Crippen LogP contribution in [0.3, 0.4) is 0 Å². The zero-order valence-electron chi connectivity index (χ0n) is 49.4. The Bertz CT molecular complexity index is 1200. The highest BCUT2D eigenvalue weighted by Gasteiger charge is 2.18. The van der Waals surface area contributed by atoms with Crippen LogP contribution in [0, 0.1) is 0 Å². The summed E-state index contributed by atoms with van der Waals surface area (Å²) in [5.74, 6) is -0.0699. The molecule has 0 rings (SSSR count). The molecule has 428 valence electrons. The fraction of sp³-hybridized carbons (Fsp3) is 0.841. The molecule has 0 bridgehead atoms. The molecular weight excluding hydrogens is 891 g/mol. The molecule has 0 aromatic carbocycles. The highest BCUT2D eigenvalue weighted by molar-refractivity contribution is 5.76. The van der Waals surface area contributed by atoms with Crippen molar-refractivity contribution in [3.05, 3.63) is 60.8 Å². The number of aliphatic hydroxyl groups excluding tert-OH is 2. The van der Waals surface area contributed by atoms with E-state index in [1.165, 1.54) is 289 Å². The Balaban J connectivity index is 3.49. The van der Waals surface area contributed by atoms with Crippen LogP contribution in [0.15, 0.2) is 60.8 Å². The van der Waals surface area contributed by atoms with Gasteiger partial charge < -0.3 is 15.5 Å². The molecule has 2 unspecified atom stereocenters. The summed E-state index contributed by atoms with van der Waals surface area (Å²) in [7, 11) is 0. The van der Waals surface area contributed by atoms with Crippen LogP contribution in [0.4, 0.5) is 0 Å². The van der Waals surface area contributed by atoms with Gasteiger partial charge in [-0.3, -0.25) is 4.79 Å². The number of unbranched alkanes of at least 4 members (excludes halogenated alkanes) is 46. The van der Waals surface area contributed by atoms with Crippen LogP contribution in [0.1, 0.15) is 354 Å². The minimum atomic E-state index is -0.865. The molecule has 2 atom stereocenters. The normalized spacial score (nSPS) is 13.1. The SMILES string of the molecule is CCCCCCC/C=C\C/C=C\C/C=C\CCCCCCCCCCCCCCCCCCC(=O)NC(CO)C(O)/C=C/CC/C=C/CCCCCCCCCCCCCCCCCCCCCCCCCC. The standard InChI is InChI=1S/C69H129NO3/c1-3-5-7-9-11-13-15-17-19-21-23-25-27-29-31-33-35-37-39-41-43-45-47-49-51-53-55-57-59-61-63-65-69(73)70-67(66-71)68(72)64-62-60-58-56-54-52-50-48-46-44-42-40-38-36-34-32-30-28-26-24-22-20-18-16-14-12-10-8-6-4-2/h15,17,21,23,27,29,54,56,62,64,67-68,71-72H,3-14,16,18-20,22,24-26,28,30-53,55,57-61,63,65-66H2,1-2H3,(H,70,73)/b17-15-,23-21-,29-27-,56-54+,64-62+. The molecule has 0 aliphatic rings. The summed E-state index contributed by atoms with van der Waals surface area (Å²) in [6, 6.07) is -0.642. The van der Waals surface area contributed by atoms with Gasteiger partial charge in [-0.05, 0) is 70.6 Å². The van der Waals surface area contributed by atoms with E-state index in [0.29, 0.717) is 6.42 Å². The second kappa shape index (κ2) is 64.4. The summed E-state index contributed by atoms with van der Waals surface area (Å²) in [6.07, 6.45) is 91.5. The number of carbonyl (C=O) groups excluding carboxylic acids is 1. The van der Waals surface area contributed by atoms with Gasteiger partial charge in [0.2, 0.25) is 5.91 Å². The number of amides is 1. The Labute approximate surface area is 457 Å².